The summed E-state index contributed by atoms with van der Waals surface area (Å²) in [5.41, 5.74) is 7.72. The summed E-state index contributed by atoms with van der Waals surface area (Å²) < 4.78 is 33.7. The summed E-state index contributed by atoms with van der Waals surface area (Å²) in [7, 11) is 6.42. The molecule has 2 amide bonds. The fourth-order valence-electron chi connectivity index (χ4n) is 7.57. The number of carbonyl (C=O) groups excluding carboxylic acids is 2. The first kappa shape index (κ1) is 43.5. The summed E-state index contributed by atoms with van der Waals surface area (Å²) in [4.78, 5) is 46.9. The van der Waals surface area contributed by atoms with Crippen LogP contribution < -0.4 is 19.9 Å². The van der Waals surface area contributed by atoms with E-state index in [-0.39, 0.29) is 47.9 Å². The number of quaternary nitrogens is 1. The number of methoxy groups -OCH3 is 2. The molecule has 3 fully saturated rings. The number of amides is 2. The molecule has 2 aliphatic heterocycles. The third-order valence-corrected chi connectivity index (χ3v) is 10.9. The van der Waals surface area contributed by atoms with Crippen molar-refractivity contribution in [3.05, 3.63) is 47.5 Å². The molecule has 316 valence electrons. The molecule has 2 saturated heterocycles. The molecule has 2 aromatic carbocycles. The minimum Gasteiger partial charge on any atom is -0.493 e. The van der Waals surface area contributed by atoms with Gasteiger partial charge in [-0.1, -0.05) is 18.6 Å². The normalized spacial score (nSPS) is 25.6. The number of anilines is 1. The zero-order valence-electron chi connectivity index (χ0n) is 33.0. The van der Waals surface area contributed by atoms with Crippen LogP contribution in [0.5, 0.6) is 17.2 Å². The monoisotopic (exact) mass is 805 g/mol. The summed E-state index contributed by atoms with van der Waals surface area (Å²) in [6.45, 7) is 2.18. The second kappa shape index (κ2) is 19.7. The van der Waals surface area contributed by atoms with Gasteiger partial charge in [0.1, 0.15) is 49.9 Å². The number of aliphatic hydroxyl groups excluding tert-OH is 3. The van der Waals surface area contributed by atoms with E-state index >= 15 is 0 Å². The van der Waals surface area contributed by atoms with Crippen molar-refractivity contribution in [2.24, 2.45) is 0 Å². The lowest BCUT2D eigenvalue weighted by Gasteiger charge is -2.43. The Kier molecular flexibility index (Phi) is 15.1. The van der Waals surface area contributed by atoms with Crippen molar-refractivity contribution in [3.8, 4) is 17.2 Å². The average Bonchev–Trinajstić information content (AvgIpc) is 3.68. The van der Waals surface area contributed by atoms with Gasteiger partial charge >= 0.3 is 18.2 Å². The Morgan fingerprint density at radius 3 is 2.14 bits per heavy atom. The summed E-state index contributed by atoms with van der Waals surface area (Å²) >= 11 is 0. The number of benzene rings is 2. The zero-order chi connectivity index (χ0) is 41.3. The van der Waals surface area contributed by atoms with Gasteiger partial charge in [0.15, 0.2) is 23.6 Å². The number of hydroxylamine groups is 3. The maximum atomic E-state index is 13.5. The number of likely N-dealkylation sites (N-methyl/N-ethyl adjacent to an activating group) is 2. The molecule has 3 unspecified atom stereocenters. The van der Waals surface area contributed by atoms with Crippen molar-refractivity contribution in [1.82, 2.24) is 9.80 Å². The van der Waals surface area contributed by atoms with Crippen LogP contribution in [0.1, 0.15) is 49.7 Å². The fraction of sp³-hybridized carbons (Fsp3) is 0.615. The first-order valence-electron chi connectivity index (χ1n) is 19.3. The van der Waals surface area contributed by atoms with Gasteiger partial charge in [-0.15, -0.1) is 4.65 Å². The third kappa shape index (κ3) is 10.7. The summed E-state index contributed by atoms with van der Waals surface area (Å²) in [6.07, 6.45) is -3.60. The number of aliphatic hydroxyl groups is 3. The standard InChI is InChI=1S/C39H56N4O14/c1-41(38(49)54-23-25-12-13-28(26(40)21-25)55-37-34(46)32(44)33(45)35(56-37)36(47)48)16-17-42(2)39(50)57-43(18-7-8-19-43)27-9-5-6-10-29(27)53-20-15-24-11-14-30(51-3)31(22-24)52-4/h11-14,21-22,27,29,32-35,37,44-46H,5-10,15-20,23,40H2,1-4H3/p+1/t27-,29+,32?,33?,34?,35+,37-/m1/s1. The second-order valence-electron chi connectivity index (χ2n) is 14.8. The third-order valence-electron chi connectivity index (χ3n) is 10.9. The SMILES string of the molecule is COc1ccc(CCO[C@H]2CCCC[C@H]2[N+]2(OC(=O)N(C)CCN(C)C(=O)OCc3ccc(O[C@@H]4O[C@H](C(=O)O)C(O)C(O)C4O)c(N)c3)CCCC2)cc1OC. The van der Waals surface area contributed by atoms with Gasteiger partial charge in [-0.05, 0) is 54.7 Å². The predicted octanol–water partition coefficient (Wildman–Crippen LogP) is 2.29. The number of nitrogen functional groups attached to an aromatic ring is 1. The molecule has 5 rings (SSSR count). The minimum atomic E-state index is -1.86. The number of rotatable bonds is 16. The molecule has 57 heavy (non-hydrogen) atoms. The van der Waals surface area contributed by atoms with Crippen molar-refractivity contribution in [2.45, 2.75) is 94.4 Å². The molecule has 0 bridgehead atoms. The van der Waals surface area contributed by atoms with Gasteiger partial charge in [0.25, 0.3) is 0 Å². The number of carboxylic acid groups (broad SMARTS) is 1. The second-order valence-corrected chi connectivity index (χ2v) is 14.8. The number of carboxylic acids is 1. The molecule has 1 saturated carbocycles. The lowest BCUT2D eigenvalue weighted by Crippen LogP contribution is -2.61. The van der Waals surface area contributed by atoms with E-state index in [4.69, 9.17) is 39.0 Å². The van der Waals surface area contributed by atoms with Gasteiger partial charge in [-0.2, -0.15) is 0 Å². The Labute approximate surface area is 332 Å². The van der Waals surface area contributed by atoms with Crippen LogP contribution in [0.25, 0.3) is 0 Å². The first-order chi connectivity index (χ1) is 27.3. The Morgan fingerprint density at radius 2 is 1.47 bits per heavy atom. The number of carbonyl (C=O) groups is 3. The van der Waals surface area contributed by atoms with Crippen molar-refractivity contribution in [1.29, 1.82) is 0 Å². The van der Waals surface area contributed by atoms with Crippen molar-refractivity contribution >= 4 is 23.8 Å². The van der Waals surface area contributed by atoms with Crippen LogP contribution >= 0.6 is 0 Å². The molecule has 6 N–H and O–H groups in total. The topological polar surface area (TPSA) is 229 Å². The summed E-state index contributed by atoms with van der Waals surface area (Å²) in [5.74, 6) is -0.193. The molecular weight excluding hydrogens is 748 g/mol. The molecule has 7 atom stereocenters. The van der Waals surface area contributed by atoms with E-state index in [2.05, 4.69) is 0 Å². The smallest absolute Gasteiger partial charge is 0.464 e. The molecule has 0 radical (unpaired) electrons. The molecular formula is C39H57N4O14+. The summed E-state index contributed by atoms with van der Waals surface area (Å²) in [6, 6.07) is 10.3. The van der Waals surface area contributed by atoms with Gasteiger partial charge in [0.2, 0.25) is 6.29 Å². The van der Waals surface area contributed by atoms with E-state index in [1.807, 2.05) is 18.2 Å². The largest absolute Gasteiger partial charge is 0.493 e. The Bertz CT molecular complexity index is 1680. The molecule has 18 nitrogen and oxygen atoms in total. The van der Waals surface area contributed by atoms with Gasteiger partial charge in [-0.3, -0.25) is 4.84 Å². The number of likely N-dealkylation sites (tertiary alicyclic amines) is 1. The first-order valence-corrected chi connectivity index (χ1v) is 19.3. The van der Waals surface area contributed by atoms with Gasteiger partial charge in [0.05, 0.1) is 26.5 Å². The van der Waals surface area contributed by atoms with Gasteiger partial charge in [-0.25, -0.2) is 14.4 Å². The van der Waals surface area contributed by atoms with Crippen LogP contribution in [0.15, 0.2) is 36.4 Å². The zero-order valence-corrected chi connectivity index (χ0v) is 33.0. The maximum absolute atomic E-state index is 13.5. The number of hydrogen-bond donors (Lipinski definition) is 5. The number of nitrogens with zero attached hydrogens (tertiary/aromatic N) is 3. The molecule has 0 aromatic heterocycles. The van der Waals surface area contributed by atoms with Crippen molar-refractivity contribution < 1.29 is 72.7 Å². The van der Waals surface area contributed by atoms with Gasteiger partial charge < -0.3 is 64.4 Å². The van der Waals surface area contributed by atoms with Crippen LogP contribution in [0.2, 0.25) is 0 Å². The molecule has 2 aromatic rings. The Balaban J connectivity index is 1.09. The fourth-order valence-corrected chi connectivity index (χ4v) is 7.57. The van der Waals surface area contributed by atoms with Crippen molar-refractivity contribution in [2.75, 3.05) is 66.8 Å². The van der Waals surface area contributed by atoms with Crippen LogP contribution in [-0.2, 0) is 36.9 Å². The number of aliphatic carboxylic acids is 1. The highest BCUT2D eigenvalue weighted by Crippen LogP contribution is 2.36. The van der Waals surface area contributed by atoms with E-state index in [0.717, 1.165) is 57.2 Å². The van der Waals surface area contributed by atoms with Gasteiger partial charge in [0, 0.05) is 46.4 Å². The lowest BCUT2D eigenvalue weighted by atomic mass is 9.91. The molecule has 3 aliphatic rings. The van der Waals surface area contributed by atoms with Crippen LogP contribution in [-0.4, -0.2) is 157 Å². The summed E-state index contributed by atoms with van der Waals surface area (Å²) in [5, 5.41) is 39.4. The highest BCUT2D eigenvalue weighted by atomic mass is 16.8. The Hall–Kier alpha value is -4.59. The molecule has 1 aliphatic carbocycles. The predicted molar refractivity (Wildman–Crippen MR) is 202 cm³/mol. The number of nitrogens with two attached hydrogens (primary N) is 1. The highest BCUT2D eigenvalue weighted by Gasteiger charge is 2.51. The average molecular weight is 806 g/mol. The quantitative estimate of drug-likeness (QED) is 0.121. The Morgan fingerprint density at radius 1 is 0.825 bits per heavy atom. The van der Waals surface area contributed by atoms with Crippen molar-refractivity contribution in [3.63, 3.8) is 0 Å². The number of hydrogen-bond acceptors (Lipinski definition) is 14. The van der Waals surface area contributed by atoms with E-state index in [1.54, 1.807) is 28.3 Å². The van der Waals surface area contributed by atoms with Crippen LogP contribution in [0, 0.1) is 0 Å². The van der Waals surface area contributed by atoms with Crippen LogP contribution in [0.3, 0.4) is 0 Å². The lowest BCUT2D eigenvalue weighted by molar-refractivity contribution is -1.10. The number of ether oxygens (including phenoxy) is 6. The van der Waals surface area contributed by atoms with E-state index in [1.165, 1.54) is 28.0 Å². The molecule has 18 heteroatoms. The van der Waals surface area contributed by atoms with E-state index in [0.29, 0.717) is 30.1 Å². The highest BCUT2D eigenvalue weighted by molar-refractivity contribution is 5.73. The van der Waals surface area contributed by atoms with E-state index in [9.17, 15) is 34.8 Å². The maximum Gasteiger partial charge on any atom is 0.464 e. The van der Waals surface area contributed by atoms with E-state index < -0.39 is 48.9 Å². The molecule has 0 spiro atoms. The minimum absolute atomic E-state index is 0.00420. The van der Waals surface area contributed by atoms with Crippen LogP contribution in [0.4, 0.5) is 15.3 Å². The molecule has 2 heterocycles.